The van der Waals surface area contributed by atoms with Gasteiger partial charge in [0.25, 0.3) is 5.69 Å². The van der Waals surface area contributed by atoms with E-state index in [4.69, 9.17) is 4.42 Å². The van der Waals surface area contributed by atoms with Gasteiger partial charge in [0.2, 0.25) is 0 Å². The molecule has 0 fully saturated rings. The number of nitro groups is 1. The van der Waals surface area contributed by atoms with E-state index < -0.39 is 0 Å². The van der Waals surface area contributed by atoms with Crippen molar-refractivity contribution in [2.24, 2.45) is 0 Å². The van der Waals surface area contributed by atoms with Crippen molar-refractivity contribution < 1.29 is 9.34 Å². The molecule has 140 valence electrons. The predicted molar refractivity (Wildman–Crippen MR) is 103 cm³/mol. The van der Waals surface area contributed by atoms with Crippen molar-refractivity contribution >= 4 is 16.6 Å². The van der Waals surface area contributed by atoms with Crippen LogP contribution in [0, 0.1) is 10.1 Å². The van der Waals surface area contributed by atoms with Crippen LogP contribution in [0.15, 0.2) is 53.4 Å². The van der Waals surface area contributed by atoms with E-state index in [1.165, 1.54) is 0 Å². The lowest BCUT2D eigenvalue weighted by Gasteiger charge is -2.27. The molecule has 28 heavy (non-hydrogen) atoms. The summed E-state index contributed by atoms with van der Waals surface area (Å²) in [5, 5.41) is 12.1. The molecule has 0 aliphatic carbocycles. The van der Waals surface area contributed by atoms with Gasteiger partial charge in [-0.3, -0.25) is 15.0 Å². The molecule has 5 rings (SSSR count). The van der Waals surface area contributed by atoms with E-state index in [1.54, 1.807) is 18.4 Å². The number of nitro benzene ring substituents is 1. The van der Waals surface area contributed by atoms with E-state index in [0.717, 1.165) is 35.3 Å². The number of hydrogen-bond acceptors (Lipinski definition) is 6. The lowest BCUT2D eigenvalue weighted by atomic mass is 10.1. The molecule has 3 aromatic heterocycles. The first-order chi connectivity index (χ1) is 13.7. The van der Waals surface area contributed by atoms with Gasteiger partial charge in [0.1, 0.15) is 0 Å². The molecule has 0 bridgehead atoms. The van der Waals surface area contributed by atoms with Crippen LogP contribution in [-0.4, -0.2) is 31.3 Å². The number of aromatic amines is 1. The number of benzene rings is 1. The Labute approximate surface area is 160 Å². The topological polar surface area (TPSA) is 101 Å². The minimum Gasteiger partial charge on any atom is -0.461 e. The third-order valence-corrected chi connectivity index (χ3v) is 5.12. The zero-order chi connectivity index (χ0) is 19.1. The highest BCUT2D eigenvalue weighted by atomic mass is 16.6. The Morgan fingerprint density at radius 2 is 2.21 bits per heavy atom. The third kappa shape index (κ3) is 2.84. The quantitative estimate of drug-likeness (QED) is 0.431. The van der Waals surface area contributed by atoms with Gasteiger partial charge in [0.05, 0.1) is 27.8 Å². The van der Waals surface area contributed by atoms with E-state index >= 15 is 0 Å². The molecule has 0 atom stereocenters. The average Bonchev–Trinajstić information content (AvgIpc) is 3.38. The van der Waals surface area contributed by atoms with Gasteiger partial charge < -0.3 is 9.40 Å². The highest BCUT2D eigenvalue weighted by Gasteiger charge is 2.22. The fourth-order valence-corrected chi connectivity index (χ4v) is 3.77. The summed E-state index contributed by atoms with van der Waals surface area (Å²) in [6, 6.07) is 8.76. The second-order valence-electron chi connectivity index (χ2n) is 6.87. The van der Waals surface area contributed by atoms with Crippen LogP contribution < -0.4 is 0 Å². The summed E-state index contributed by atoms with van der Waals surface area (Å²) in [7, 11) is 0. The molecular weight excluding hydrogens is 358 g/mol. The second kappa shape index (κ2) is 6.58. The molecule has 4 aromatic rings. The summed E-state index contributed by atoms with van der Waals surface area (Å²) in [5.74, 6) is 1.22. The molecule has 1 aliphatic rings. The lowest BCUT2D eigenvalue weighted by molar-refractivity contribution is -0.383. The average molecular weight is 375 g/mol. The Balaban J connectivity index is 1.44. The summed E-state index contributed by atoms with van der Waals surface area (Å²) >= 11 is 0. The molecule has 1 N–H and O–H groups in total. The van der Waals surface area contributed by atoms with Crippen molar-refractivity contribution in [1.82, 2.24) is 19.9 Å². The van der Waals surface area contributed by atoms with Crippen molar-refractivity contribution in [3.8, 4) is 11.6 Å². The van der Waals surface area contributed by atoms with E-state index in [9.17, 15) is 10.1 Å². The molecule has 0 unspecified atom stereocenters. The summed E-state index contributed by atoms with van der Waals surface area (Å²) < 4.78 is 5.40. The third-order valence-electron chi connectivity index (χ3n) is 5.12. The fourth-order valence-electron chi connectivity index (χ4n) is 3.77. The minimum absolute atomic E-state index is 0.133. The van der Waals surface area contributed by atoms with Crippen molar-refractivity contribution in [2.45, 2.75) is 19.5 Å². The minimum atomic E-state index is -0.325. The summed E-state index contributed by atoms with van der Waals surface area (Å²) in [6.45, 7) is 2.13. The van der Waals surface area contributed by atoms with Gasteiger partial charge in [-0.15, -0.1) is 0 Å². The molecule has 0 amide bonds. The van der Waals surface area contributed by atoms with Gasteiger partial charge in [-0.1, -0.05) is 6.07 Å². The van der Waals surface area contributed by atoms with Crippen LogP contribution in [0.2, 0.25) is 0 Å². The van der Waals surface area contributed by atoms with Crippen LogP contribution in [0.25, 0.3) is 22.5 Å². The zero-order valence-corrected chi connectivity index (χ0v) is 15.0. The van der Waals surface area contributed by atoms with E-state index in [2.05, 4.69) is 19.9 Å². The van der Waals surface area contributed by atoms with Crippen molar-refractivity contribution in [2.75, 3.05) is 6.54 Å². The van der Waals surface area contributed by atoms with E-state index in [0.29, 0.717) is 30.1 Å². The number of rotatable bonds is 4. The molecule has 0 saturated heterocycles. The van der Waals surface area contributed by atoms with Gasteiger partial charge in [0, 0.05) is 38.1 Å². The number of furan rings is 1. The number of non-ortho nitro benzene ring substituents is 1. The maximum Gasteiger partial charge on any atom is 0.279 e. The highest BCUT2D eigenvalue weighted by Crippen LogP contribution is 2.30. The van der Waals surface area contributed by atoms with Gasteiger partial charge in [-0.2, -0.15) is 0 Å². The van der Waals surface area contributed by atoms with Crippen LogP contribution in [-0.2, 0) is 19.5 Å². The SMILES string of the molecule is O=[N+]([O-])c1cccc2[nH]cc(CN3CCc4cnc(-c5ccco5)nc4C3)c12. The van der Waals surface area contributed by atoms with Crippen molar-refractivity contribution in [1.29, 1.82) is 0 Å². The predicted octanol–water partition coefficient (Wildman–Crippen LogP) is 3.68. The number of nitrogens with zero attached hydrogens (tertiary/aromatic N) is 4. The molecule has 8 nitrogen and oxygen atoms in total. The van der Waals surface area contributed by atoms with Crippen LogP contribution >= 0.6 is 0 Å². The first kappa shape index (κ1) is 16.6. The maximum atomic E-state index is 11.4. The number of H-pyrrole nitrogens is 1. The van der Waals surface area contributed by atoms with Crippen LogP contribution in [0.1, 0.15) is 16.8 Å². The number of fused-ring (bicyclic) bond motifs is 2. The Hall–Kier alpha value is -3.52. The normalized spacial score (nSPS) is 14.3. The lowest BCUT2D eigenvalue weighted by Crippen LogP contribution is -2.31. The first-order valence-electron chi connectivity index (χ1n) is 9.03. The van der Waals surface area contributed by atoms with Crippen molar-refractivity contribution in [3.63, 3.8) is 0 Å². The number of nitrogens with one attached hydrogen (secondary N) is 1. The number of hydrogen-bond donors (Lipinski definition) is 1. The summed E-state index contributed by atoms with van der Waals surface area (Å²) in [4.78, 5) is 25.6. The Morgan fingerprint density at radius 1 is 1.29 bits per heavy atom. The molecule has 4 heterocycles. The standard InChI is InChI=1S/C20H17N5O3/c26-25(27)17-4-1-3-15-19(17)14(10-21-15)11-24-7-6-13-9-22-20(23-16(13)12-24)18-5-2-8-28-18/h1-5,8-10,21H,6-7,11-12H2. The Bertz CT molecular complexity index is 1170. The molecule has 0 radical (unpaired) electrons. The smallest absolute Gasteiger partial charge is 0.279 e. The van der Waals surface area contributed by atoms with Crippen LogP contribution in [0.3, 0.4) is 0 Å². The van der Waals surface area contributed by atoms with Gasteiger partial charge >= 0.3 is 0 Å². The van der Waals surface area contributed by atoms with Gasteiger partial charge in [0.15, 0.2) is 11.6 Å². The van der Waals surface area contributed by atoms with E-state index in [1.807, 2.05) is 30.6 Å². The molecule has 8 heteroatoms. The second-order valence-corrected chi connectivity index (χ2v) is 6.87. The molecule has 0 spiro atoms. The largest absolute Gasteiger partial charge is 0.461 e. The summed E-state index contributed by atoms with van der Waals surface area (Å²) in [5.41, 5.74) is 3.95. The monoisotopic (exact) mass is 375 g/mol. The van der Waals surface area contributed by atoms with Crippen molar-refractivity contribution in [3.05, 3.63) is 75.9 Å². The van der Waals surface area contributed by atoms with Gasteiger partial charge in [-0.25, -0.2) is 9.97 Å². The first-order valence-corrected chi connectivity index (χ1v) is 9.03. The summed E-state index contributed by atoms with van der Waals surface area (Å²) in [6.07, 6.45) is 6.18. The Kier molecular flexibility index (Phi) is 3.91. The number of aromatic nitrogens is 3. The highest BCUT2D eigenvalue weighted by molar-refractivity contribution is 5.91. The zero-order valence-electron chi connectivity index (χ0n) is 15.0. The fraction of sp³-hybridized carbons (Fsp3) is 0.200. The molecule has 1 aromatic carbocycles. The molecule has 1 aliphatic heterocycles. The Morgan fingerprint density at radius 3 is 3.04 bits per heavy atom. The van der Waals surface area contributed by atoms with Crippen LogP contribution in [0.4, 0.5) is 5.69 Å². The van der Waals surface area contributed by atoms with Crippen LogP contribution in [0.5, 0.6) is 0 Å². The van der Waals surface area contributed by atoms with E-state index in [-0.39, 0.29) is 10.6 Å². The van der Waals surface area contributed by atoms with Gasteiger partial charge in [-0.05, 0) is 35.7 Å². The maximum absolute atomic E-state index is 11.4. The molecule has 0 saturated carbocycles. The molecular formula is C20H17N5O3.